The average Bonchev–Trinajstić information content (AvgIpc) is 3.37. The number of benzene rings is 6. The van der Waals surface area contributed by atoms with Gasteiger partial charge in [0.1, 0.15) is 23.0 Å². The molecule has 0 saturated heterocycles. The molecule has 0 amide bonds. The van der Waals surface area contributed by atoms with Gasteiger partial charge in [0.15, 0.2) is 0 Å². The van der Waals surface area contributed by atoms with Crippen LogP contribution < -0.4 is 20.9 Å². The van der Waals surface area contributed by atoms with Crippen molar-refractivity contribution in [3.05, 3.63) is 166 Å². The Morgan fingerprint density at radius 1 is 0.490 bits per heavy atom. The minimum Gasteiger partial charge on any atom is -0.457 e. The second-order valence-corrected chi connectivity index (χ2v) is 14.0. The molecule has 246 valence electrons. The summed E-state index contributed by atoms with van der Waals surface area (Å²) in [6.45, 7) is 12.9. The molecular weight excluding hydrogens is 601 g/mol. The first-order valence-electron chi connectivity index (χ1n) is 17.1. The Morgan fingerprint density at radius 3 is 1.29 bits per heavy atom. The van der Waals surface area contributed by atoms with Crippen molar-refractivity contribution in [1.82, 2.24) is 0 Å². The van der Waals surface area contributed by atoms with E-state index in [9.17, 15) is 0 Å². The van der Waals surface area contributed by atoms with Crippen molar-refractivity contribution in [2.45, 2.75) is 58.8 Å². The minimum atomic E-state index is -0.552. The van der Waals surface area contributed by atoms with E-state index in [-0.39, 0.29) is 0 Å². The van der Waals surface area contributed by atoms with E-state index in [0.29, 0.717) is 23.2 Å². The number of nitrogen functional groups attached to an aromatic ring is 2. The zero-order chi connectivity index (χ0) is 34.4. The highest BCUT2D eigenvalue weighted by Crippen LogP contribution is 2.56. The van der Waals surface area contributed by atoms with Gasteiger partial charge in [-0.25, -0.2) is 0 Å². The summed E-state index contributed by atoms with van der Waals surface area (Å²) in [5.41, 5.74) is 25.1. The maximum Gasteiger partial charge on any atom is 0.130 e. The molecule has 0 aromatic heterocycles. The molecule has 4 N–H and O–H groups in total. The monoisotopic (exact) mass is 644 g/mol. The van der Waals surface area contributed by atoms with Gasteiger partial charge in [0.2, 0.25) is 0 Å². The highest BCUT2D eigenvalue weighted by atomic mass is 16.5. The molecule has 7 rings (SSSR count). The van der Waals surface area contributed by atoms with Gasteiger partial charge in [-0.05, 0) is 118 Å². The SMILES string of the molecule is Cc1cc(C2(c3ccc(Oc4cc(N)cc(C(C)C)c4)c(C)c3)c3ccccc3-c3ccccc32)ccc1Oc1cc(N)cc(C(C)C)c1. The number of hydrogen-bond donors (Lipinski definition) is 2. The van der Waals surface area contributed by atoms with Gasteiger partial charge < -0.3 is 20.9 Å². The molecule has 49 heavy (non-hydrogen) atoms. The smallest absolute Gasteiger partial charge is 0.130 e. The van der Waals surface area contributed by atoms with Crippen molar-refractivity contribution in [3.63, 3.8) is 0 Å². The first kappa shape index (κ1) is 32.1. The van der Waals surface area contributed by atoms with Crippen LogP contribution in [0.15, 0.2) is 121 Å². The summed E-state index contributed by atoms with van der Waals surface area (Å²) < 4.78 is 13.0. The van der Waals surface area contributed by atoms with E-state index in [2.05, 4.69) is 139 Å². The van der Waals surface area contributed by atoms with Gasteiger partial charge in [-0.2, -0.15) is 0 Å². The first-order chi connectivity index (χ1) is 23.5. The molecule has 4 nitrogen and oxygen atoms in total. The van der Waals surface area contributed by atoms with Crippen LogP contribution in [0, 0.1) is 13.8 Å². The predicted molar refractivity (Wildman–Crippen MR) is 203 cm³/mol. The van der Waals surface area contributed by atoms with E-state index in [1.807, 2.05) is 24.3 Å². The van der Waals surface area contributed by atoms with E-state index in [4.69, 9.17) is 20.9 Å². The van der Waals surface area contributed by atoms with Crippen LogP contribution in [0.5, 0.6) is 23.0 Å². The van der Waals surface area contributed by atoms with E-state index < -0.39 is 5.41 Å². The van der Waals surface area contributed by atoms with Crippen LogP contribution in [0.25, 0.3) is 11.1 Å². The second-order valence-electron chi connectivity index (χ2n) is 14.0. The number of aryl methyl sites for hydroxylation is 2. The van der Waals surface area contributed by atoms with Gasteiger partial charge in [-0.1, -0.05) is 100 Å². The fourth-order valence-corrected chi connectivity index (χ4v) is 7.35. The molecule has 6 aromatic carbocycles. The molecule has 0 bridgehead atoms. The Hall–Kier alpha value is -5.48. The summed E-state index contributed by atoms with van der Waals surface area (Å²) in [7, 11) is 0. The van der Waals surface area contributed by atoms with Crippen molar-refractivity contribution < 1.29 is 9.47 Å². The Bertz CT molecular complexity index is 2040. The predicted octanol–water partition coefficient (Wildman–Crippen LogP) is 11.7. The summed E-state index contributed by atoms with van der Waals surface area (Å²) >= 11 is 0. The van der Waals surface area contributed by atoms with Crippen molar-refractivity contribution >= 4 is 11.4 Å². The topological polar surface area (TPSA) is 70.5 Å². The molecule has 1 aliphatic carbocycles. The van der Waals surface area contributed by atoms with Gasteiger partial charge >= 0.3 is 0 Å². The van der Waals surface area contributed by atoms with Crippen LogP contribution in [-0.4, -0.2) is 0 Å². The molecular formula is C45H44N2O2. The third-order valence-corrected chi connectivity index (χ3v) is 9.86. The molecule has 0 aliphatic heterocycles. The molecule has 1 aliphatic rings. The van der Waals surface area contributed by atoms with Crippen molar-refractivity contribution in [2.24, 2.45) is 0 Å². The molecule has 0 fully saturated rings. The zero-order valence-electron chi connectivity index (χ0n) is 29.2. The zero-order valence-corrected chi connectivity index (χ0v) is 29.2. The van der Waals surface area contributed by atoms with Crippen LogP contribution in [0.4, 0.5) is 11.4 Å². The summed E-state index contributed by atoms with van der Waals surface area (Å²) in [6.07, 6.45) is 0. The van der Waals surface area contributed by atoms with E-state index in [0.717, 1.165) is 45.3 Å². The van der Waals surface area contributed by atoms with Gasteiger partial charge in [0.25, 0.3) is 0 Å². The van der Waals surface area contributed by atoms with Crippen LogP contribution in [0.1, 0.15) is 84.0 Å². The van der Waals surface area contributed by atoms with Gasteiger partial charge in [0, 0.05) is 23.5 Å². The quantitative estimate of drug-likeness (QED) is 0.162. The van der Waals surface area contributed by atoms with Crippen molar-refractivity contribution in [2.75, 3.05) is 11.5 Å². The molecule has 6 aromatic rings. The van der Waals surface area contributed by atoms with Crippen LogP contribution >= 0.6 is 0 Å². The Kier molecular flexibility index (Phi) is 8.20. The fourth-order valence-electron chi connectivity index (χ4n) is 7.35. The molecule has 0 atom stereocenters. The number of fused-ring (bicyclic) bond motifs is 3. The highest BCUT2D eigenvalue weighted by molar-refractivity contribution is 5.86. The third-order valence-electron chi connectivity index (χ3n) is 9.86. The van der Waals surface area contributed by atoms with E-state index in [1.54, 1.807) is 0 Å². The third kappa shape index (κ3) is 5.72. The van der Waals surface area contributed by atoms with Gasteiger partial charge in [0.05, 0.1) is 5.41 Å². The van der Waals surface area contributed by atoms with Crippen LogP contribution in [0.3, 0.4) is 0 Å². The van der Waals surface area contributed by atoms with Gasteiger partial charge in [-0.3, -0.25) is 0 Å². The van der Waals surface area contributed by atoms with Crippen molar-refractivity contribution in [1.29, 1.82) is 0 Å². The summed E-state index contributed by atoms with van der Waals surface area (Å²) in [6, 6.07) is 42.8. The average molecular weight is 645 g/mol. The molecule has 0 heterocycles. The maximum atomic E-state index is 6.49. The summed E-state index contributed by atoms with van der Waals surface area (Å²) in [4.78, 5) is 0. The number of anilines is 2. The minimum absolute atomic E-state index is 0.347. The first-order valence-corrected chi connectivity index (χ1v) is 17.1. The van der Waals surface area contributed by atoms with E-state index in [1.165, 1.54) is 33.4 Å². The largest absolute Gasteiger partial charge is 0.457 e. The lowest BCUT2D eigenvalue weighted by molar-refractivity contribution is 0.477. The normalized spacial score (nSPS) is 13.0. The number of ether oxygens (including phenoxy) is 2. The fraction of sp³-hybridized carbons (Fsp3) is 0.200. The highest BCUT2D eigenvalue weighted by Gasteiger charge is 2.46. The van der Waals surface area contributed by atoms with E-state index >= 15 is 0 Å². The summed E-state index contributed by atoms with van der Waals surface area (Å²) in [5, 5.41) is 0. The lowest BCUT2D eigenvalue weighted by Gasteiger charge is -2.34. The summed E-state index contributed by atoms with van der Waals surface area (Å²) in [5.74, 6) is 3.80. The maximum absolute atomic E-state index is 6.49. The molecule has 0 spiro atoms. The van der Waals surface area contributed by atoms with Gasteiger partial charge in [-0.15, -0.1) is 0 Å². The standard InChI is InChI=1S/C45H44N2O2/c1-27(2)31-21-35(46)25-37(23-31)48-43-17-15-33(19-29(43)5)45(41-13-9-7-11-39(41)40-12-8-10-14-42(40)45)34-16-18-44(30(6)20-34)49-38-24-32(28(3)4)22-36(47)26-38/h7-28H,46-47H2,1-6H3. The molecule has 4 heteroatoms. The molecule has 0 unspecified atom stereocenters. The number of hydrogen-bond acceptors (Lipinski definition) is 4. The van der Waals surface area contributed by atoms with Crippen molar-refractivity contribution in [3.8, 4) is 34.1 Å². The van der Waals surface area contributed by atoms with Crippen LogP contribution in [-0.2, 0) is 5.41 Å². The molecule has 0 saturated carbocycles. The Balaban J connectivity index is 1.36. The Morgan fingerprint density at radius 2 is 0.898 bits per heavy atom. The number of nitrogens with two attached hydrogens (primary N) is 2. The van der Waals surface area contributed by atoms with Crippen LogP contribution in [0.2, 0.25) is 0 Å². The lowest BCUT2D eigenvalue weighted by atomic mass is 9.67. The number of rotatable bonds is 8. The second kappa shape index (κ2) is 12.5. The lowest BCUT2D eigenvalue weighted by Crippen LogP contribution is -2.28. The Labute approximate surface area is 290 Å². The molecule has 0 radical (unpaired) electrons.